The molecule has 0 aromatic heterocycles. The van der Waals surface area contributed by atoms with Crippen LogP contribution in [0.15, 0.2) is 30.3 Å². The molecule has 1 aromatic carbocycles. The molecule has 1 aliphatic carbocycles. The van der Waals surface area contributed by atoms with Gasteiger partial charge in [-0.05, 0) is 24.8 Å². The molecule has 2 aliphatic rings. The Hall–Kier alpha value is -3.22. The SMILES string of the molecule is CCOC(=O)CNC(=O)C(O)[C@H](COCc1ccccc1)NC(=O)[C@H](CC1CCCCC1)NC(=O)N1CCOCC1. The molecule has 3 atom stereocenters. The van der Waals surface area contributed by atoms with Gasteiger partial charge in [0.1, 0.15) is 12.6 Å². The maximum Gasteiger partial charge on any atom is 0.325 e. The second kappa shape index (κ2) is 17.6. The van der Waals surface area contributed by atoms with Crippen molar-refractivity contribution in [2.24, 2.45) is 5.92 Å². The van der Waals surface area contributed by atoms with E-state index in [4.69, 9.17) is 14.2 Å². The first-order valence-corrected chi connectivity index (χ1v) is 14.5. The van der Waals surface area contributed by atoms with Gasteiger partial charge in [-0.15, -0.1) is 0 Å². The Morgan fingerprint density at radius 1 is 1.02 bits per heavy atom. The predicted molar refractivity (Wildman–Crippen MR) is 150 cm³/mol. The van der Waals surface area contributed by atoms with Crippen molar-refractivity contribution in [3.05, 3.63) is 35.9 Å². The first-order chi connectivity index (χ1) is 19.9. The summed E-state index contributed by atoms with van der Waals surface area (Å²) in [5.41, 5.74) is 0.881. The van der Waals surface area contributed by atoms with Gasteiger partial charge in [0.25, 0.3) is 5.91 Å². The number of rotatable bonds is 14. The summed E-state index contributed by atoms with van der Waals surface area (Å²) in [6, 6.07) is 7.00. The van der Waals surface area contributed by atoms with Crippen molar-refractivity contribution in [2.45, 2.75) is 70.2 Å². The van der Waals surface area contributed by atoms with E-state index in [1.165, 1.54) is 0 Å². The summed E-state index contributed by atoms with van der Waals surface area (Å²) in [6.45, 7) is 3.12. The third kappa shape index (κ3) is 11.3. The lowest BCUT2D eigenvalue weighted by molar-refractivity contribution is -0.145. The number of hydrogen-bond donors (Lipinski definition) is 4. The zero-order valence-electron chi connectivity index (χ0n) is 23.8. The summed E-state index contributed by atoms with van der Waals surface area (Å²) in [5, 5.41) is 18.9. The normalized spacial score (nSPS) is 18.0. The molecular weight excluding hydrogens is 532 g/mol. The Bertz CT molecular complexity index is 967. The first kappa shape index (κ1) is 32.3. The average molecular weight is 577 g/mol. The lowest BCUT2D eigenvalue weighted by atomic mass is 9.84. The van der Waals surface area contributed by atoms with Crippen molar-refractivity contribution >= 4 is 23.8 Å². The molecular formula is C29H44N4O8. The fourth-order valence-corrected chi connectivity index (χ4v) is 5.03. The number of hydrogen-bond acceptors (Lipinski definition) is 8. The number of amides is 4. The van der Waals surface area contributed by atoms with Gasteiger partial charge in [0, 0.05) is 13.1 Å². The van der Waals surface area contributed by atoms with Gasteiger partial charge in [0.15, 0.2) is 6.10 Å². The predicted octanol–water partition coefficient (Wildman–Crippen LogP) is 1.11. The maximum atomic E-state index is 13.6. The number of nitrogens with zero attached hydrogens (tertiary/aromatic N) is 1. The number of carbonyl (C=O) groups is 4. The van der Waals surface area contributed by atoms with Crippen LogP contribution in [0.4, 0.5) is 4.79 Å². The molecule has 12 heteroatoms. The first-order valence-electron chi connectivity index (χ1n) is 14.5. The van der Waals surface area contributed by atoms with Gasteiger partial charge in [-0.2, -0.15) is 0 Å². The van der Waals surface area contributed by atoms with Crippen molar-refractivity contribution in [3.8, 4) is 0 Å². The lowest BCUT2D eigenvalue weighted by Gasteiger charge is -2.32. The highest BCUT2D eigenvalue weighted by atomic mass is 16.5. The minimum Gasteiger partial charge on any atom is -0.465 e. The Morgan fingerprint density at radius 3 is 2.41 bits per heavy atom. The number of morpholine rings is 1. The van der Waals surface area contributed by atoms with Crippen LogP contribution in [0, 0.1) is 5.92 Å². The monoisotopic (exact) mass is 576 g/mol. The topological polar surface area (TPSA) is 156 Å². The standard InChI is InChI=1S/C29H44N4O8/c1-2-41-25(34)18-30-28(37)26(35)24(20-40-19-22-11-7-4-8-12-22)31-27(36)23(17-21-9-5-3-6-10-21)32-29(38)33-13-15-39-16-14-33/h4,7-8,11-12,21,23-24,26,35H,2-3,5-6,9-10,13-20H2,1H3,(H,30,37)(H,31,36)(H,32,38)/t23-,24-,26?/m0/s1. The summed E-state index contributed by atoms with van der Waals surface area (Å²) < 4.78 is 15.9. The van der Waals surface area contributed by atoms with Crippen LogP contribution in [-0.4, -0.2) is 98.1 Å². The van der Waals surface area contributed by atoms with Crippen LogP contribution in [0.2, 0.25) is 0 Å². The van der Waals surface area contributed by atoms with Crippen LogP contribution in [0.25, 0.3) is 0 Å². The fraction of sp³-hybridized carbons (Fsp3) is 0.655. The van der Waals surface area contributed by atoms with E-state index >= 15 is 0 Å². The van der Waals surface area contributed by atoms with E-state index in [-0.39, 0.29) is 31.8 Å². The van der Waals surface area contributed by atoms with Gasteiger partial charge in [-0.1, -0.05) is 62.4 Å². The van der Waals surface area contributed by atoms with E-state index in [1.807, 2.05) is 30.3 Å². The largest absolute Gasteiger partial charge is 0.465 e. The zero-order chi connectivity index (χ0) is 29.5. The van der Waals surface area contributed by atoms with Crippen molar-refractivity contribution in [1.29, 1.82) is 0 Å². The Labute approximate surface area is 241 Å². The highest BCUT2D eigenvalue weighted by Gasteiger charge is 2.33. The van der Waals surface area contributed by atoms with E-state index in [0.29, 0.717) is 32.7 Å². The summed E-state index contributed by atoms with van der Waals surface area (Å²) in [5.74, 6) is -1.74. The van der Waals surface area contributed by atoms with Crippen molar-refractivity contribution in [1.82, 2.24) is 20.9 Å². The fourth-order valence-electron chi connectivity index (χ4n) is 5.03. The molecule has 0 spiro atoms. The molecule has 1 saturated heterocycles. The number of nitrogens with one attached hydrogen (secondary N) is 3. The molecule has 1 heterocycles. The number of carbonyl (C=O) groups excluding carboxylic acids is 4. The second-order valence-corrected chi connectivity index (χ2v) is 10.4. The third-order valence-corrected chi connectivity index (χ3v) is 7.30. The van der Waals surface area contributed by atoms with Gasteiger partial charge in [-0.3, -0.25) is 14.4 Å². The van der Waals surface area contributed by atoms with Crippen LogP contribution >= 0.6 is 0 Å². The molecule has 0 radical (unpaired) electrons. The van der Waals surface area contributed by atoms with E-state index in [0.717, 1.165) is 37.7 Å². The van der Waals surface area contributed by atoms with Crippen LogP contribution < -0.4 is 16.0 Å². The van der Waals surface area contributed by atoms with Crippen LogP contribution in [0.5, 0.6) is 0 Å². The number of esters is 1. The molecule has 4 amide bonds. The van der Waals surface area contributed by atoms with Gasteiger partial charge < -0.3 is 40.2 Å². The van der Waals surface area contributed by atoms with Gasteiger partial charge in [0.2, 0.25) is 5.91 Å². The van der Waals surface area contributed by atoms with Crippen LogP contribution in [-0.2, 0) is 35.2 Å². The smallest absolute Gasteiger partial charge is 0.325 e. The molecule has 1 unspecified atom stereocenters. The maximum absolute atomic E-state index is 13.6. The molecule has 41 heavy (non-hydrogen) atoms. The Kier molecular flexibility index (Phi) is 13.8. The van der Waals surface area contributed by atoms with Crippen molar-refractivity contribution in [3.63, 3.8) is 0 Å². The van der Waals surface area contributed by atoms with Gasteiger partial charge in [-0.25, -0.2) is 4.79 Å². The number of benzene rings is 1. The molecule has 3 rings (SSSR count). The summed E-state index contributed by atoms with van der Waals surface area (Å²) in [6.07, 6.45) is 3.98. The lowest BCUT2D eigenvalue weighted by Crippen LogP contribution is -2.59. The zero-order valence-corrected chi connectivity index (χ0v) is 23.8. The van der Waals surface area contributed by atoms with Gasteiger partial charge >= 0.3 is 12.0 Å². The van der Waals surface area contributed by atoms with E-state index < -0.39 is 42.5 Å². The summed E-state index contributed by atoms with van der Waals surface area (Å²) >= 11 is 0. The number of ether oxygens (including phenoxy) is 3. The molecule has 1 aliphatic heterocycles. The molecule has 1 saturated carbocycles. The van der Waals surface area contributed by atoms with E-state index in [2.05, 4.69) is 16.0 Å². The number of aliphatic hydroxyl groups is 1. The summed E-state index contributed by atoms with van der Waals surface area (Å²) in [4.78, 5) is 52.6. The third-order valence-electron chi connectivity index (χ3n) is 7.30. The Balaban J connectivity index is 1.69. The molecule has 4 N–H and O–H groups in total. The van der Waals surface area contributed by atoms with Crippen LogP contribution in [0.1, 0.15) is 51.0 Å². The molecule has 2 fully saturated rings. The molecule has 12 nitrogen and oxygen atoms in total. The minimum atomic E-state index is -1.71. The Morgan fingerprint density at radius 2 is 1.73 bits per heavy atom. The second-order valence-electron chi connectivity index (χ2n) is 10.4. The van der Waals surface area contributed by atoms with E-state index in [9.17, 15) is 24.3 Å². The van der Waals surface area contributed by atoms with Crippen molar-refractivity contribution in [2.75, 3.05) is 46.1 Å². The highest BCUT2D eigenvalue weighted by Crippen LogP contribution is 2.27. The van der Waals surface area contributed by atoms with Crippen LogP contribution in [0.3, 0.4) is 0 Å². The molecule has 228 valence electrons. The molecule has 1 aromatic rings. The van der Waals surface area contributed by atoms with Gasteiger partial charge in [0.05, 0.1) is 39.1 Å². The summed E-state index contributed by atoms with van der Waals surface area (Å²) in [7, 11) is 0. The average Bonchev–Trinajstić information content (AvgIpc) is 3.00. The quantitative estimate of drug-likeness (QED) is 0.240. The van der Waals surface area contributed by atoms with E-state index in [1.54, 1.807) is 11.8 Å². The highest BCUT2D eigenvalue weighted by molar-refractivity contribution is 5.89. The molecule has 0 bridgehead atoms. The van der Waals surface area contributed by atoms with Crippen molar-refractivity contribution < 1.29 is 38.5 Å². The minimum absolute atomic E-state index is 0.155. The number of urea groups is 1. The number of aliphatic hydroxyl groups excluding tert-OH is 1.